The van der Waals surface area contributed by atoms with Crippen molar-refractivity contribution in [3.05, 3.63) is 35.9 Å². The maximum atomic E-state index is 6.04. The number of nitrogens with one attached hydrogen (secondary N) is 1. The van der Waals surface area contributed by atoms with E-state index in [0.717, 1.165) is 58.3 Å². The number of benzene rings is 1. The summed E-state index contributed by atoms with van der Waals surface area (Å²) in [4.78, 5) is 10.0. The van der Waals surface area contributed by atoms with Gasteiger partial charge in [0.1, 0.15) is 0 Å². The molecule has 27 heavy (non-hydrogen) atoms. The molecular formula is C22H36N4O. The maximum absolute atomic E-state index is 6.04. The zero-order valence-corrected chi connectivity index (χ0v) is 17.2. The minimum atomic E-state index is 0.180. The fourth-order valence-electron chi connectivity index (χ4n) is 4.43. The highest BCUT2D eigenvalue weighted by molar-refractivity contribution is 5.80. The standard InChI is InChI=1S/C22H36N4O/c1-4-23-22(26-14-12-20(17-26)25(5-2)6-3)24-16-19-13-15-27-21(19)18-10-8-7-9-11-18/h7-11,19-21H,4-6,12-17H2,1-3H3,(H,23,24). The van der Waals surface area contributed by atoms with E-state index in [-0.39, 0.29) is 6.10 Å². The van der Waals surface area contributed by atoms with Gasteiger partial charge in [0, 0.05) is 44.7 Å². The van der Waals surface area contributed by atoms with Crippen LogP contribution in [-0.2, 0) is 4.74 Å². The number of rotatable bonds is 7. The number of likely N-dealkylation sites (tertiary alicyclic amines) is 1. The first-order valence-electron chi connectivity index (χ1n) is 10.7. The van der Waals surface area contributed by atoms with Gasteiger partial charge in [-0.3, -0.25) is 9.89 Å². The predicted octanol–water partition coefficient (Wildman–Crippen LogP) is 3.15. The topological polar surface area (TPSA) is 40.1 Å². The van der Waals surface area contributed by atoms with E-state index >= 15 is 0 Å². The monoisotopic (exact) mass is 372 g/mol. The average Bonchev–Trinajstić information content (AvgIpc) is 3.37. The predicted molar refractivity (Wildman–Crippen MR) is 112 cm³/mol. The van der Waals surface area contributed by atoms with E-state index in [1.165, 1.54) is 12.0 Å². The van der Waals surface area contributed by atoms with E-state index in [9.17, 15) is 0 Å². The van der Waals surface area contributed by atoms with Gasteiger partial charge >= 0.3 is 0 Å². The van der Waals surface area contributed by atoms with Crippen LogP contribution < -0.4 is 5.32 Å². The van der Waals surface area contributed by atoms with Crippen LogP contribution in [0.1, 0.15) is 45.3 Å². The highest BCUT2D eigenvalue weighted by Crippen LogP contribution is 2.34. The number of likely N-dealkylation sites (N-methyl/N-ethyl adjacent to an activating group) is 1. The van der Waals surface area contributed by atoms with Crippen LogP contribution >= 0.6 is 0 Å². The highest BCUT2D eigenvalue weighted by atomic mass is 16.5. The van der Waals surface area contributed by atoms with Crippen molar-refractivity contribution < 1.29 is 4.74 Å². The Labute approximate surface area is 164 Å². The van der Waals surface area contributed by atoms with Crippen LogP contribution in [0.25, 0.3) is 0 Å². The number of hydrogen-bond acceptors (Lipinski definition) is 3. The van der Waals surface area contributed by atoms with Crippen molar-refractivity contribution in [2.24, 2.45) is 10.9 Å². The van der Waals surface area contributed by atoms with Crippen LogP contribution in [0.4, 0.5) is 0 Å². The van der Waals surface area contributed by atoms with E-state index in [1.54, 1.807) is 0 Å². The Morgan fingerprint density at radius 1 is 1.19 bits per heavy atom. The largest absolute Gasteiger partial charge is 0.373 e. The molecule has 2 aliphatic rings. The lowest BCUT2D eigenvalue weighted by molar-refractivity contribution is 0.0925. The molecule has 2 heterocycles. The summed E-state index contributed by atoms with van der Waals surface area (Å²) in [6.45, 7) is 13.7. The molecular weight excluding hydrogens is 336 g/mol. The maximum Gasteiger partial charge on any atom is 0.193 e. The van der Waals surface area contributed by atoms with Gasteiger partial charge in [0.15, 0.2) is 5.96 Å². The number of nitrogens with zero attached hydrogens (tertiary/aromatic N) is 3. The normalized spacial score (nSPS) is 26.1. The molecule has 150 valence electrons. The van der Waals surface area contributed by atoms with E-state index < -0.39 is 0 Å². The van der Waals surface area contributed by atoms with Gasteiger partial charge in [0.2, 0.25) is 0 Å². The van der Waals surface area contributed by atoms with Crippen LogP contribution in [0.5, 0.6) is 0 Å². The van der Waals surface area contributed by atoms with Crippen molar-refractivity contribution in [1.29, 1.82) is 0 Å². The van der Waals surface area contributed by atoms with Crippen LogP contribution in [0.3, 0.4) is 0 Å². The minimum absolute atomic E-state index is 0.180. The Morgan fingerprint density at radius 2 is 1.96 bits per heavy atom. The molecule has 0 radical (unpaired) electrons. The van der Waals surface area contributed by atoms with Crippen molar-refractivity contribution in [3.8, 4) is 0 Å². The van der Waals surface area contributed by atoms with Crippen LogP contribution in [-0.4, -0.2) is 67.7 Å². The molecule has 0 bridgehead atoms. The summed E-state index contributed by atoms with van der Waals surface area (Å²) in [6.07, 6.45) is 2.50. The Morgan fingerprint density at radius 3 is 2.67 bits per heavy atom. The number of hydrogen-bond donors (Lipinski definition) is 1. The van der Waals surface area contributed by atoms with Crippen molar-refractivity contribution in [2.75, 3.05) is 45.9 Å². The second-order valence-electron chi connectivity index (χ2n) is 7.56. The molecule has 2 aliphatic heterocycles. The molecule has 0 aliphatic carbocycles. The molecule has 1 aromatic carbocycles. The molecule has 2 saturated heterocycles. The molecule has 1 N–H and O–H groups in total. The molecule has 1 aromatic rings. The van der Waals surface area contributed by atoms with Crippen LogP contribution in [0.2, 0.25) is 0 Å². The fourth-order valence-corrected chi connectivity index (χ4v) is 4.43. The Bertz CT molecular complexity index is 587. The zero-order chi connectivity index (χ0) is 19.1. The second-order valence-corrected chi connectivity index (χ2v) is 7.56. The van der Waals surface area contributed by atoms with Gasteiger partial charge in [-0.25, -0.2) is 0 Å². The molecule has 0 amide bonds. The molecule has 5 heteroatoms. The minimum Gasteiger partial charge on any atom is -0.373 e. The summed E-state index contributed by atoms with van der Waals surface area (Å²) in [5, 5.41) is 3.52. The molecule has 3 atom stereocenters. The molecule has 3 rings (SSSR count). The SMILES string of the molecule is CCNC(=NCC1CCOC1c1ccccc1)N1CCC(N(CC)CC)C1. The fraction of sp³-hybridized carbons (Fsp3) is 0.682. The lowest BCUT2D eigenvalue weighted by Gasteiger charge is -2.27. The molecule has 3 unspecified atom stereocenters. The Balaban J connectivity index is 1.64. The smallest absolute Gasteiger partial charge is 0.193 e. The Hall–Kier alpha value is -1.59. The van der Waals surface area contributed by atoms with Gasteiger partial charge in [-0.15, -0.1) is 0 Å². The average molecular weight is 373 g/mol. The van der Waals surface area contributed by atoms with Gasteiger partial charge in [-0.1, -0.05) is 44.2 Å². The third-order valence-corrected chi connectivity index (χ3v) is 5.94. The van der Waals surface area contributed by atoms with Gasteiger partial charge in [-0.05, 0) is 38.4 Å². The van der Waals surface area contributed by atoms with Crippen LogP contribution in [0, 0.1) is 5.92 Å². The lowest BCUT2D eigenvalue weighted by Crippen LogP contribution is -2.43. The summed E-state index contributed by atoms with van der Waals surface area (Å²) in [5.41, 5.74) is 1.28. The molecule has 2 fully saturated rings. The summed E-state index contributed by atoms with van der Waals surface area (Å²) >= 11 is 0. The zero-order valence-electron chi connectivity index (χ0n) is 17.2. The molecule has 5 nitrogen and oxygen atoms in total. The van der Waals surface area contributed by atoms with E-state index in [4.69, 9.17) is 9.73 Å². The number of guanidine groups is 1. The van der Waals surface area contributed by atoms with E-state index in [1.807, 2.05) is 0 Å². The van der Waals surface area contributed by atoms with Crippen molar-refractivity contribution in [3.63, 3.8) is 0 Å². The molecule has 0 aromatic heterocycles. The Kier molecular flexibility index (Phi) is 7.53. The van der Waals surface area contributed by atoms with Gasteiger partial charge < -0.3 is 15.0 Å². The van der Waals surface area contributed by atoms with Gasteiger partial charge in [0.25, 0.3) is 0 Å². The van der Waals surface area contributed by atoms with Crippen molar-refractivity contribution in [2.45, 2.75) is 45.8 Å². The number of aliphatic imine (C=N–C) groups is 1. The van der Waals surface area contributed by atoms with Gasteiger partial charge in [0.05, 0.1) is 6.10 Å². The lowest BCUT2D eigenvalue weighted by atomic mass is 9.95. The van der Waals surface area contributed by atoms with Gasteiger partial charge in [-0.2, -0.15) is 0 Å². The summed E-state index contributed by atoms with van der Waals surface area (Å²) < 4.78 is 6.04. The second kappa shape index (κ2) is 10.1. The summed E-state index contributed by atoms with van der Waals surface area (Å²) in [6, 6.07) is 11.3. The molecule has 0 saturated carbocycles. The third-order valence-electron chi connectivity index (χ3n) is 5.94. The van der Waals surface area contributed by atoms with E-state index in [0.29, 0.717) is 12.0 Å². The first-order chi connectivity index (χ1) is 13.3. The summed E-state index contributed by atoms with van der Waals surface area (Å²) in [5.74, 6) is 1.54. The van der Waals surface area contributed by atoms with Crippen molar-refractivity contribution in [1.82, 2.24) is 15.1 Å². The quantitative estimate of drug-likeness (QED) is 0.590. The summed E-state index contributed by atoms with van der Waals surface area (Å²) in [7, 11) is 0. The first kappa shape index (κ1) is 20.2. The first-order valence-corrected chi connectivity index (χ1v) is 10.7. The highest BCUT2D eigenvalue weighted by Gasteiger charge is 2.31. The molecule has 0 spiro atoms. The third kappa shape index (κ3) is 5.02. The van der Waals surface area contributed by atoms with E-state index in [2.05, 4.69) is 66.2 Å². The van der Waals surface area contributed by atoms with Crippen LogP contribution in [0.15, 0.2) is 35.3 Å². The number of ether oxygens (including phenoxy) is 1. The van der Waals surface area contributed by atoms with Crippen molar-refractivity contribution >= 4 is 5.96 Å².